The number of carbonyl (C=O) groups excluding carboxylic acids is 2. The Morgan fingerprint density at radius 2 is 1.75 bits per heavy atom. The molecule has 1 fully saturated rings. The summed E-state index contributed by atoms with van der Waals surface area (Å²) in [7, 11) is 0. The summed E-state index contributed by atoms with van der Waals surface area (Å²) in [5.74, 6) is -1.29. The standard InChI is InChI=1S/C22H25FN6O3/c1-12-5-4-6-13(2)28(12)17(30)11-27-19-18(20(24)31)25-14(3)26-21(19)29(22(27)32)16-9-7-15(23)8-10-16/h7-10,12-13H,4-6,11H2,1-3H3,(H2,24,31)/t12-,13-/m1/s1. The van der Waals surface area contributed by atoms with Gasteiger partial charge in [-0.3, -0.25) is 14.2 Å². The number of hydrogen-bond donors (Lipinski definition) is 1. The minimum Gasteiger partial charge on any atom is -0.364 e. The Hall–Kier alpha value is -3.56. The third-order valence-corrected chi connectivity index (χ3v) is 5.97. The zero-order chi connectivity index (χ0) is 23.2. The van der Waals surface area contributed by atoms with E-state index in [4.69, 9.17) is 5.73 Å². The first-order valence-electron chi connectivity index (χ1n) is 10.6. The van der Waals surface area contributed by atoms with Gasteiger partial charge in [0.05, 0.1) is 5.69 Å². The van der Waals surface area contributed by atoms with Crippen molar-refractivity contribution in [3.05, 3.63) is 52.1 Å². The Bertz CT molecular complexity index is 1250. The number of benzene rings is 1. The lowest BCUT2D eigenvalue weighted by Crippen LogP contribution is -2.49. The third kappa shape index (κ3) is 3.65. The van der Waals surface area contributed by atoms with Crippen molar-refractivity contribution < 1.29 is 14.0 Å². The lowest BCUT2D eigenvalue weighted by Gasteiger charge is -2.39. The molecule has 168 valence electrons. The Morgan fingerprint density at radius 1 is 1.12 bits per heavy atom. The molecule has 3 aromatic rings. The third-order valence-electron chi connectivity index (χ3n) is 5.97. The van der Waals surface area contributed by atoms with Crippen molar-refractivity contribution in [2.45, 2.75) is 58.7 Å². The first-order valence-corrected chi connectivity index (χ1v) is 10.6. The van der Waals surface area contributed by atoms with Crippen molar-refractivity contribution in [2.75, 3.05) is 0 Å². The fourth-order valence-corrected chi connectivity index (χ4v) is 4.53. The van der Waals surface area contributed by atoms with Gasteiger partial charge in [0.25, 0.3) is 5.91 Å². The van der Waals surface area contributed by atoms with Crippen LogP contribution < -0.4 is 11.4 Å². The molecule has 0 spiro atoms. The molecule has 3 heterocycles. The van der Waals surface area contributed by atoms with E-state index in [1.54, 1.807) is 11.8 Å². The molecule has 0 radical (unpaired) electrons. The van der Waals surface area contributed by atoms with Gasteiger partial charge in [0.2, 0.25) is 5.91 Å². The number of piperidine rings is 1. The maximum Gasteiger partial charge on any atom is 0.335 e. The lowest BCUT2D eigenvalue weighted by atomic mass is 9.97. The first kappa shape index (κ1) is 21.7. The summed E-state index contributed by atoms with van der Waals surface area (Å²) in [6, 6.07) is 5.38. The number of fused-ring (bicyclic) bond motifs is 1. The van der Waals surface area contributed by atoms with Crippen LogP contribution in [-0.4, -0.2) is 47.9 Å². The molecule has 2 amide bonds. The number of nitrogens with two attached hydrogens (primary N) is 1. The topological polar surface area (TPSA) is 116 Å². The number of amides is 2. The molecule has 1 aliphatic heterocycles. The zero-order valence-corrected chi connectivity index (χ0v) is 18.2. The van der Waals surface area contributed by atoms with Gasteiger partial charge in [-0.15, -0.1) is 0 Å². The highest BCUT2D eigenvalue weighted by molar-refractivity contribution is 6.02. The SMILES string of the molecule is Cc1nc(C(N)=O)c2c(n1)n(-c1ccc(F)cc1)c(=O)n2CC(=O)N1[C@H](C)CCC[C@H]1C. The molecular formula is C22H25FN6O3. The highest BCUT2D eigenvalue weighted by atomic mass is 19.1. The Balaban J connectivity index is 1.93. The minimum absolute atomic E-state index is 0.0431. The van der Waals surface area contributed by atoms with E-state index >= 15 is 0 Å². The average molecular weight is 440 g/mol. The number of imidazole rings is 1. The molecule has 9 nitrogen and oxygen atoms in total. The number of halogens is 1. The second-order valence-electron chi connectivity index (χ2n) is 8.27. The minimum atomic E-state index is -0.835. The Morgan fingerprint density at radius 3 is 2.34 bits per heavy atom. The van der Waals surface area contributed by atoms with E-state index < -0.39 is 17.4 Å². The second kappa shape index (κ2) is 8.18. The lowest BCUT2D eigenvalue weighted by molar-refractivity contribution is -0.137. The van der Waals surface area contributed by atoms with Crippen LogP contribution in [0.5, 0.6) is 0 Å². The largest absolute Gasteiger partial charge is 0.364 e. The molecular weight excluding hydrogens is 415 g/mol. The molecule has 2 aromatic heterocycles. The number of primary amides is 1. The molecule has 0 unspecified atom stereocenters. The normalized spacial score (nSPS) is 18.8. The van der Waals surface area contributed by atoms with Crippen LogP contribution in [0.1, 0.15) is 49.4 Å². The van der Waals surface area contributed by atoms with E-state index in [1.807, 2.05) is 13.8 Å². The number of hydrogen-bond acceptors (Lipinski definition) is 5. The van der Waals surface area contributed by atoms with E-state index in [1.165, 1.54) is 33.4 Å². The smallest absolute Gasteiger partial charge is 0.335 e. The van der Waals surface area contributed by atoms with E-state index in [0.29, 0.717) is 5.69 Å². The molecule has 32 heavy (non-hydrogen) atoms. The summed E-state index contributed by atoms with van der Waals surface area (Å²) in [6.07, 6.45) is 2.81. The van der Waals surface area contributed by atoms with Crippen molar-refractivity contribution in [1.82, 2.24) is 24.0 Å². The summed E-state index contributed by atoms with van der Waals surface area (Å²) < 4.78 is 15.9. The summed E-state index contributed by atoms with van der Waals surface area (Å²) in [5, 5.41) is 0. The maximum atomic E-state index is 13.5. The van der Waals surface area contributed by atoms with Crippen molar-refractivity contribution in [1.29, 1.82) is 0 Å². The van der Waals surface area contributed by atoms with Crippen molar-refractivity contribution in [3.8, 4) is 5.69 Å². The monoisotopic (exact) mass is 440 g/mol. The van der Waals surface area contributed by atoms with Gasteiger partial charge in [-0.1, -0.05) is 0 Å². The summed E-state index contributed by atoms with van der Waals surface area (Å²) >= 11 is 0. The average Bonchev–Trinajstić information content (AvgIpc) is 2.99. The molecule has 2 N–H and O–H groups in total. The number of carbonyl (C=O) groups is 2. The van der Waals surface area contributed by atoms with Crippen LogP contribution in [0, 0.1) is 12.7 Å². The van der Waals surface area contributed by atoms with Crippen molar-refractivity contribution in [3.63, 3.8) is 0 Å². The van der Waals surface area contributed by atoms with Crippen molar-refractivity contribution in [2.24, 2.45) is 5.73 Å². The van der Waals surface area contributed by atoms with Crippen LogP contribution in [0.15, 0.2) is 29.1 Å². The first-order chi connectivity index (χ1) is 15.2. The van der Waals surface area contributed by atoms with Crippen LogP contribution in [0.2, 0.25) is 0 Å². The van der Waals surface area contributed by atoms with E-state index in [9.17, 15) is 18.8 Å². The predicted octanol–water partition coefficient (Wildman–Crippen LogP) is 1.92. The van der Waals surface area contributed by atoms with Gasteiger partial charge in [-0.2, -0.15) is 0 Å². The van der Waals surface area contributed by atoms with Gasteiger partial charge in [0.1, 0.15) is 23.7 Å². The highest BCUT2D eigenvalue weighted by Gasteiger charge is 2.31. The van der Waals surface area contributed by atoms with Crippen LogP contribution in [0.3, 0.4) is 0 Å². The second-order valence-corrected chi connectivity index (χ2v) is 8.27. The van der Waals surface area contributed by atoms with Gasteiger partial charge in [-0.25, -0.2) is 23.7 Å². The number of aryl methyl sites for hydroxylation is 1. The van der Waals surface area contributed by atoms with Crippen LogP contribution in [0.4, 0.5) is 4.39 Å². The molecule has 0 aliphatic carbocycles. The number of nitrogens with zero attached hydrogens (tertiary/aromatic N) is 5. The summed E-state index contributed by atoms with van der Waals surface area (Å²) in [5.41, 5.74) is 5.40. The quantitative estimate of drug-likeness (QED) is 0.665. The molecule has 1 aromatic carbocycles. The van der Waals surface area contributed by atoms with Gasteiger partial charge in [0.15, 0.2) is 11.3 Å². The fourth-order valence-electron chi connectivity index (χ4n) is 4.53. The number of likely N-dealkylation sites (tertiary alicyclic amines) is 1. The van der Waals surface area contributed by atoms with Crippen LogP contribution >= 0.6 is 0 Å². The van der Waals surface area contributed by atoms with Gasteiger partial charge in [-0.05, 0) is 64.3 Å². The molecule has 1 saturated heterocycles. The van der Waals surface area contributed by atoms with Crippen molar-refractivity contribution >= 4 is 23.0 Å². The van der Waals surface area contributed by atoms with Gasteiger partial charge in [0, 0.05) is 12.1 Å². The van der Waals surface area contributed by atoms with E-state index in [2.05, 4.69) is 9.97 Å². The molecule has 2 atom stereocenters. The zero-order valence-electron chi connectivity index (χ0n) is 18.2. The molecule has 4 rings (SSSR count). The summed E-state index contributed by atoms with van der Waals surface area (Å²) in [4.78, 5) is 49.2. The van der Waals surface area contributed by atoms with Gasteiger partial charge >= 0.3 is 5.69 Å². The maximum absolute atomic E-state index is 13.5. The highest BCUT2D eigenvalue weighted by Crippen LogP contribution is 2.24. The van der Waals surface area contributed by atoms with Crippen LogP contribution in [0.25, 0.3) is 16.9 Å². The molecule has 0 bridgehead atoms. The van der Waals surface area contributed by atoms with Gasteiger partial charge < -0.3 is 10.6 Å². The Kier molecular flexibility index (Phi) is 5.53. The Labute approximate surface area is 183 Å². The molecule has 0 saturated carbocycles. The van der Waals surface area contributed by atoms with Crippen LogP contribution in [-0.2, 0) is 11.3 Å². The van der Waals surface area contributed by atoms with E-state index in [0.717, 1.165) is 19.3 Å². The van der Waals surface area contributed by atoms with E-state index in [-0.39, 0.29) is 47.2 Å². The number of aromatic nitrogens is 4. The summed E-state index contributed by atoms with van der Waals surface area (Å²) in [6.45, 7) is 5.26. The number of rotatable bonds is 4. The molecule has 10 heteroatoms. The predicted molar refractivity (Wildman–Crippen MR) is 116 cm³/mol. The molecule has 1 aliphatic rings. The fraction of sp³-hybridized carbons (Fsp3) is 0.409.